The van der Waals surface area contributed by atoms with Gasteiger partial charge in [-0.15, -0.1) is 22.7 Å². The Hall–Kier alpha value is -1.86. The van der Waals surface area contributed by atoms with Gasteiger partial charge in [0.1, 0.15) is 0 Å². The average Bonchev–Trinajstić information content (AvgIpc) is 3.42. The molecule has 0 unspecified atom stereocenters. The first-order chi connectivity index (χ1) is 12.8. The minimum atomic E-state index is 0.867. The zero-order valence-electron chi connectivity index (χ0n) is 14.1. The van der Waals surface area contributed by atoms with Crippen LogP contribution in [0.1, 0.15) is 16.1 Å². The van der Waals surface area contributed by atoms with E-state index in [0.29, 0.717) is 0 Å². The van der Waals surface area contributed by atoms with Crippen LogP contribution >= 0.6 is 34.0 Å². The summed E-state index contributed by atoms with van der Waals surface area (Å²) < 4.78 is 0. The summed E-state index contributed by atoms with van der Waals surface area (Å²) in [5.41, 5.74) is 5.15. The molecule has 1 aliphatic heterocycles. The summed E-state index contributed by atoms with van der Waals surface area (Å²) in [6.07, 6.45) is 3.02. The number of hydrogen-bond donors (Lipinski definition) is 0. The Kier molecular flexibility index (Phi) is 4.42. The first-order valence-corrected chi connectivity index (χ1v) is 11.3. The lowest BCUT2D eigenvalue weighted by Crippen LogP contribution is -2.30. The summed E-state index contributed by atoms with van der Waals surface area (Å²) in [6.45, 7) is 2.99. The molecule has 0 bridgehead atoms. The van der Waals surface area contributed by atoms with E-state index in [2.05, 4.69) is 55.7 Å². The van der Waals surface area contributed by atoms with Crippen LogP contribution in [-0.4, -0.2) is 21.4 Å². The largest absolute Gasteiger partial charge is 0.293 e. The van der Waals surface area contributed by atoms with Gasteiger partial charge in [-0.2, -0.15) is 11.3 Å². The Morgan fingerprint density at radius 1 is 1.08 bits per heavy atom. The van der Waals surface area contributed by atoms with Gasteiger partial charge in [-0.1, -0.05) is 6.07 Å². The van der Waals surface area contributed by atoms with E-state index in [-0.39, 0.29) is 0 Å². The molecule has 0 atom stereocenters. The highest BCUT2D eigenvalue weighted by Gasteiger charge is 2.19. The van der Waals surface area contributed by atoms with Gasteiger partial charge in [0.15, 0.2) is 5.82 Å². The van der Waals surface area contributed by atoms with Crippen LogP contribution in [0.2, 0.25) is 0 Å². The van der Waals surface area contributed by atoms with Crippen molar-refractivity contribution in [3.63, 3.8) is 0 Å². The molecule has 0 spiro atoms. The van der Waals surface area contributed by atoms with Gasteiger partial charge in [0.05, 0.1) is 10.6 Å². The predicted molar refractivity (Wildman–Crippen MR) is 111 cm³/mol. The second-order valence-electron chi connectivity index (χ2n) is 6.42. The number of hydrogen-bond acceptors (Lipinski definition) is 6. The smallest absolute Gasteiger partial charge is 0.169 e. The molecule has 0 amide bonds. The van der Waals surface area contributed by atoms with Gasteiger partial charge < -0.3 is 0 Å². The Balaban J connectivity index is 1.30. The second-order valence-corrected chi connectivity index (χ2v) is 9.14. The number of thiophene rings is 3. The highest BCUT2D eigenvalue weighted by atomic mass is 32.1. The molecule has 0 saturated heterocycles. The Morgan fingerprint density at radius 2 is 2.08 bits per heavy atom. The van der Waals surface area contributed by atoms with Crippen LogP contribution < -0.4 is 0 Å². The van der Waals surface area contributed by atoms with E-state index in [1.54, 1.807) is 22.7 Å². The molecule has 4 aromatic heterocycles. The molecule has 5 rings (SSSR count). The van der Waals surface area contributed by atoms with Crippen LogP contribution in [-0.2, 0) is 19.5 Å². The van der Waals surface area contributed by atoms with Crippen molar-refractivity contribution in [2.45, 2.75) is 19.5 Å². The molecular formula is C20H17N3S3. The zero-order chi connectivity index (χ0) is 17.3. The van der Waals surface area contributed by atoms with Gasteiger partial charge in [-0.25, -0.2) is 9.97 Å². The lowest BCUT2D eigenvalue weighted by molar-refractivity contribution is 0.245. The van der Waals surface area contributed by atoms with Gasteiger partial charge in [0.2, 0.25) is 0 Å². The summed E-state index contributed by atoms with van der Waals surface area (Å²) in [4.78, 5) is 14.5. The van der Waals surface area contributed by atoms with Crippen LogP contribution in [0.3, 0.4) is 0 Å². The Bertz CT molecular complexity index is 1000. The first-order valence-electron chi connectivity index (χ1n) is 8.56. The maximum Gasteiger partial charge on any atom is 0.169 e. The molecule has 130 valence electrons. The molecule has 0 aliphatic carbocycles. The van der Waals surface area contributed by atoms with Crippen LogP contribution in [0.25, 0.3) is 21.8 Å². The molecule has 4 aromatic rings. The third-order valence-corrected chi connectivity index (χ3v) is 7.11. The third kappa shape index (κ3) is 3.25. The summed E-state index contributed by atoms with van der Waals surface area (Å²) in [6, 6.07) is 8.66. The highest BCUT2D eigenvalue weighted by molar-refractivity contribution is 7.13. The van der Waals surface area contributed by atoms with Crippen molar-refractivity contribution in [2.24, 2.45) is 0 Å². The van der Waals surface area contributed by atoms with Crippen molar-refractivity contribution in [3.05, 3.63) is 68.1 Å². The highest BCUT2D eigenvalue weighted by Crippen LogP contribution is 2.29. The molecule has 0 saturated carbocycles. The van der Waals surface area contributed by atoms with Crippen molar-refractivity contribution in [2.75, 3.05) is 6.54 Å². The maximum atomic E-state index is 4.81. The molecule has 0 fully saturated rings. The van der Waals surface area contributed by atoms with E-state index in [9.17, 15) is 0 Å². The fraction of sp³-hybridized carbons (Fsp3) is 0.200. The van der Waals surface area contributed by atoms with E-state index >= 15 is 0 Å². The standard InChI is InChI=1S/C20H17N3S3/c1-2-19(25-6-1)20-21-9-16-10-23(5-3-18(16)22-20)11-17-8-15(13-26-17)14-4-7-24-12-14/h1-2,4,6-9,12-13H,3,5,10-11H2. The molecular weight excluding hydrogens is 378 g/mol. The van der Waals surface area contributed by atoms with Gasteiger partial charge in [-0.05, 0) is 50.8 Å². The lowest BCUT2D eigenvalue weighted by atomic mass is 10.1. The van der Waals surface area contributed by atoms with Crippen LogP contribution in [0, 0.1) is 0 Å². The van der Waals surface area contributed by atoms with Gasteiger partial charge >= 0.3 is 0 Å². The number of fused-ring (bicyclic) bond motifs is 1. The molecule has 26 heavy (non-hydrogen) atoms. The second kappa shape index (κ2) is 7.04. The fourth-order valence-corrected chi connectivity index (χ4v) is 5.56. The van der Waals surface area contributed by atoms with E-state index in [1.807, 2.05) is 17.5 Å². The summed E-state index contributed by atoms with van der Waals surface area (Å²) in [7, 11) is 0. The number of nitrogens with zero attached hydrogens (tertiary/aromatic N) is 3. The minimum Gasteiger partial charge on any atom is -0.293 e. The fourth-order valence-electron chi connectivity index (χ4n) is 3.30. The molecule has 6 heteroatoms. The minimum absolute atomic E-state index is 0.867. The summed E-state index contributed by atoms with van der Waals surface area (Å²) >= 11 is 5.31. The maximum absolute atomic E-state index is 4.81. The van der Waals surface area contributed by atoms with E-state index in [1.165, 1.54) is 27.3 Å². The summed E-state index contributed by atoms with van der Waals surface area (Å²) in [5.74, 6) is 0.867. The topological polar surface area (TPSA) is 29.0 Å². The molecule has 0 N–H and O–H groups in total. The predicted octanol–water partition coefficient (Wildman–Crippen LogP) is 5.55. The number of aromatic nitrogens is 2. The molecule has 5 heterocycles. The van der Waals surface area contributed by atoms with Crippen LogP contribution in [0.4, 0.5) is 0 Å². The van der Waals surface area contributed by atoms with Gasteiger partial charge in [0.25, 0.3) is 0 Å². The van der Waals surface area contributed by atoms with Gasteiger partial charge in [0, 0.05) is 42.7 Å². The van der Waals surface area contributed by atoms with Crippen molar-refractivity contribution in [1.29, 1.82) is 0 Å². The molecule has 3 nitrogen and oxygen atoms in total. The summed E-state index contributed by atoms with van der Waals surface area (Å²) in [5, 5.41) is 8.70. The average molecular weight is 396 g/mol. The zero-order valence-corrected chi connectivity index (χ0v) is 16.5. The number of rotatable bonds is 4. The molecule has 1 aliphatic rings. The van der Waals surface area contributed by atoms with Crippen molar-refractivity contribution in [1.82, 2.24) is 14.9 Å². The normalized spacial score (nSPS) is 14.5. The van der Waals surface area contributed by atoms with Crippen molar-refractivity contribution in [3.8, 4) is 21.8 Å². The third-order valence-electron chi connectivity index (χ3n) is 4.64. The van der Waals surface area contributed by atoms with E-state index in [4.69, 9.17) is 4.98 Å². The van der Waals surface area contributed by atoms with E-state index < -0.39 is 0 Å². The molecule has 0 radical (unpaired) electrons. The Morgan fingerprint density at radius 3 is 2.92 bits per heavy atom. The monoisotopic (exact) mass is 395 g/mol. The Labute approximate surface area is 164 Å². The van der Waals surface area contributed by atoms with E-state index in [0.717, 1.165) is 36.8 Å². The quantitative estimate of drug-likeness (QED) is 0.453. The van der Waals surface area contributed by atoms with Crippen LogP contribution in [0.15, 0.2) is 52.0 Å². The SMILES string of the molecule is c1csc(-c2ncc3c(n2)CCN(Cc2cc(-c4ccsc4)cs2)C3)c1. The molecule has 0 aromatic carbocycles. The lowest BCUT2D eigenvalue weighted by Gasteiger charge is -2.27. The van der Waals surface area contributed by atoms with Crippen molar-refractivity contribution >= 4 is 34.0 Å². The first kappa shape index (κ1) is 16.3. The van der Waals surface area contributed by atoms with Gasteiger partial charge in [-0.3, -0.25) is 4.90 Å². The van der Waals surface area contributed by atoms with Crippen molar-refractivity contribution < 1.29 is 0 Å². The van der Waals surface area contributed by atoms with Crippen LogP contribution in [0.5, 0.6) is 0 Å².